The Morgan fingerprint density at radius 2 is 1.75 bits per heavy atom. The van der Waals surface area contributed by atoms with Gasteiger partial charge in [0.1, 0.15) is 17.9 Å². The number of para-hydroxylation sites is 1. The molecule has 0 saturated carbocycles. The molecule has 3 heteroatoms. The summed E-state index contributed by atoms with van der Waals surface area (Å²) in [6.07, 6.45) is 0. The Balaban J connectivity index is 2.14. The van der Waals surface area contributed by atoms with Crippen LogP contribution in [0.1, 0.15) is 28.4 Å². The lowest BCUT2D eigenvalue weighted by atomic mass is 10.1. The Morgan fingerprint density at radius 3 is 2.50 bits per heavy atom. The second-order valence-electron chi connectivity index (χ2n) is 4.43. The Labute approximate surface area is 119 Å². The minimum atomic E-state index is -0.354. The zero-order valence-corrected chi connectivity index (χ0v) is 11.8. The molecular weight excluding hydrogens is 252 g/mol. The molecule has 0 atom stereocenters. The maximum absolute atomic E-state index is 11.8. The molecule has 0 aromatic heterocycles. The van der Waals surface area contributed by atoms with Crippen LogP contribution in [-0.4, -0.2) is 12.6 Å². The monoisotopic (exact) mass is 270 g/mol. The van der Waals surface area contributed by atoms with Gasteiger partial charge in [0.05, 0.1) is 6.61 Å². The van der Waals surface area contributed by atoms with Gasteiger partial charge in [-0.25, -0.2) is 4.79 Å². The fourth-order valence-electron chi connectivity index (χ4n) is 1.90. The van der Waals surface area contributed by atoms with Gasteiger partial charge in [-0.15, -0.1) is 0 Å². The van der Waals surface area contributed by atoms with Crippen LogP contribution in [0.5, 0.6) is 5.75 Å². The lowest BCUT2D eigenvalue weighted by molar-refractivity contribution is 0.0521. The molecule has 2 aromatic carbocycles. The van der Waals surface area contributed by atoms with E-state index in [9.17, 15) is 4.79 Å². The molecule has 0 aliphatic rings. The van der Waals surface area contributed by atoms with Crippen molar-refractivity contribution in [2.24, 2.45) is 0 Å². The Hall–Kier alpha value is -2.29. The van der Waals surface area contributed by atoms with Crippen LogP contribution in [-0.2, 0) is 11.3 Å². The molecule has 0 heterocycles. The molecule has 104 valence electrons. The van der Waals surface area contributed by atoms with Gasteiger partial charge in [0.15, 0.2) is 0 Å². The van der Waals surface area contributed by atoms with Gasteiger partial charge in [-0.05, 0) is 37.1 Å². The largest absolute Gasteiger partial charge is 0.488 e. The topological polar surface area (TPSA) is 35.5 Å². The van der Waals surface area contributed by atoms with E-state index in [1.807, 2.05) is 37.3 Å². The first-order chi connectivity index (χ1) is 9.72. The zero-order chi connectivity index (χ0) is 14.4. The lowest BCUT2D eigenvalue weighted by Gasteiger charge is -2.12. The number of hydrogen-bond acceptors (Lipinski definition) is 3. The number of carbonyl (C=O) groups excluding carboxylic acids is 1. The van der Waals surface area contributed by atoms with Crippen LogP contribution in [0.2, 0.25) is 0 Å². The van der Waals surface area contributed by atoms with E-state index >= 15 is 0 Å². The predicted octanol–water partition coefficient (Wildman–Crippen LogP) is 3.75. The molecule has 0 bridgehead atoms. The summed E-state index contributed by atoms with van der Waals surface area (Å²) in [7, 11) is 0. The number of hydrogen-bond donors (Lipinski definition) is 0. The van der Waals surface area contributed by atoms with Crippen molar-refractivity contribution in [3.63, 3.8) is 0 Å². The SMILES string of the molecule is CCOC(=O)c1ccccc1OCc1ccccc1C. The van der Waals surface area contributed by atoms with Gasteiger partial charge in [0.25, 0.3) is 0 Å². The third-order valence-electron chi connectivity index (χ3n) is 3.03. The van der Waals surface area contributed by atoms with Crippen molar-refractivity contribution in [1.29, 1.82) is 0 Å². The van der Waals surface area contributed by atoms with E-state index in [4.69, 9.17) is 9.47 Å². The van der Waals surface area contributed by atoms with E-state index in [1.54, 1.807) is 25.1 Å². The number of carbonyl (C=O) groups is 1. The van der Waals surface area contributed by atoms with Gasteiger partial charge in [-0.3, -0.25) is 0 Å². The zero-order valence-electron chi connectivity index (χ0n) is 11.8. The summed E-state index contributed by atoms with van der Waals surface area (Å²) in [5.41, 5.74) is 2.73. The van der Waals surface area contributed by atoms with Crippen LogP contribution >= 0.6 is 0 Å². The second kappa shape index (κ2) is 6.75. The molecule has 0 radical (unpaired) electrons. The molecular formula is C17H18O3. The summed E-state index contributed by atoms with van der Waals surface area (Å²) >= 11 is 0. The molecule has 0 N–H and O–H groups in total. The maximum Gasteiger partial charge on any atom is 0.341 e. The summed E-state index contributed by atoms with van der Waals surface area (Å²) in [5, 5.41) is 0. The predicted molar refractivity (Wildman–Crippen MR) is 77.9 cm³/mol. The number of ether oxygens (including phenoxy) is 2. The van der Waals surface area contributed by atoms with Gasteiger partial charge in [-0.1, -0.05) is 36.4 Å². The molecule has 3 nitrogen and oxygen atoms in total. The van der Waals surface area contributed by atoms with E-state index in [0.717, 1.165) is 5.56 Å². The molecule has 2 rings (SSSR count). The van der Waals surface area contributed by atoms with E-state index < -0.39 is 0 Å². The van der Waals surface area contributed by atoms with Gasteiger partial charge in [0, 0.05) is 0 Å². The van der Waals surface area contributed by atoms with Crippen LogP contribution in [0.15, 0.2) is 48.5 Å². The van der Waals surface area contributed by atoms with Gasteiger partial charge < -0.3 is 9.47 Å². The molecule has 0 spiro atoms. The van der Waals surface area contributed by atoms with Crippen molar-refractivity contribution in [3.8, 4) is 5.75 Å². The first-order valence-corrected chi connectivity index (χ1v) is 6.66. The minimum Gasteiger partial charge on any atom is -0.488 e. The van der Waals surface area contributed by atoms with Crippen LogP contribution < -0.4 is 4.74 Å². The van der Waals surface area contributed by atoms with E-state index in [2.05, 4.69) is 0 Å². The second-order valence-corrected chi connectivity index (χ2v) is 4.43. The van der Waals surface area contributed by atoms with Crippen molar-refractivity contribution in [3.05, 3.63) is 65.2 Å². The molecule has 2 aromatic rings. The third kappa shape index (κ3) is 3.38. The molecule has 0 fully saturated rings. The van der Waals surface area contributed by atoms with Gasteiger partial charge in [-0.2, -0.15) is 0 Å². The molecule has 0 unspecified atom stereocenters. The average molecular weight is 270 g/mol. The Bertz CT molecular complexity index is 590. The summed E-state index contributed by atoms with van der Waals surface area (Å²) in [4.78, 5) is 11.8. The standard InChI is InChI=1S/C17H18O3/c1-3-19-17(18)15-10-6-7-11-16(15)20-12-14-9-5-4-8-13(14)2/h4-11H,3,12H2,1-2H3. The maximum atomic E-state index is 11.8. The van der Waals surface area contributed by atoms with Crippen molar-refractivity contribution in [2.45, 2.75) is 20.5 Å². The summed E-state index contributed by atoms with van der Waals surface area (Å²) in [5.74, 6) is 0.196. The highest BCUT2D eigenvalue weighted by molar-refractivity contribution is 5.92. The summed E-state index contributed by atoms with van der Waals surface area (Å²) in [6.45, 7) is 4.61. The Morgan fingerprint density at radius 1 is 1.05 bits per heavy atom. The van der Waals surface area contributed by atoms with Crippen LogP contribution in [0, 0.1) is 6.92 Å². The van der Waals surface area contributed by atoms with E-state index in [-0.39, 0.29) is 5.97 Å². The van der Waals surface area contributed by atoms with Crippen molar-refractivity contribution in [1.82, 2.24) is 0 Å². The molecule has 0 aliphatic heterocycles. The molecule has 0 saturated heterocycles. The van der Waals surface area contributed by atoms with Crippen molar-refractivity contribution >= 4 is 5.97 Å². The summed E-state index contributed by atoms with van der Waals surface area (Å²) in [6, 6.07) is 15.2. The number of esters is 1. The normalized spacial score (nSPS) is 10.1. The highest BCUT2D eigenvalue weighted by Gasteiger charge is 2.13. The first kappa shape index (κ1) is 14.1. The molecule has 20 heavy (non-hydrogen) atoms. The highest BCUT2D eigenvalue weighted by Crippen LogP contribution is 2.21. The minimum absolute atomic E-state index is 0.352. The first-order valence-electron chi connectivity index (χ1n) is 6.66. The number of aryl methyl sites for hydroxylation is 1. The van der Waals surface area contributed by atoms with Crippen LogP contribution in [0.3, 0.4) is 0 Å². The fraction of sp³-hybridized carbons (Fsp3) is 0.235. The van der Waals surface area contributed by atoms with Gasteiger partial charge in [0.2, 0.25) is 0 Å². The fourth-order valence-corrected chi connectivity index (χ4v) is 1.90. The van der Waals surface area contributed by atoms with Crippen LogP contribution in [0.4, 0.5) is 0 Å². The molecule has 0 amide bonds. The smallest absolute Gasteiger partial charge is 0.341 e. The average Bonchev–Trinajstić information content (AvgIpc) is 2.47. The lowest BCUT2D eigenvalue weighted by Crippen LogP contribution is -2.08. The van der Waals surface area contributed by atoms with E-state index in [1.165, 1.54) is 5.56 Å². The van der Waals surface area contributed by atoms with Gasteiger partial charge >= 0.3 is 5.97 Å². The van der Waals surface area contributed by atoms with Crippen molar-refractivity contribution < 1.29 is 14.3 Å². The van der Waals surface area contributed by atoms with Crippen molar-refractivity contribution in [2.75, 3.05) is 6.61 Å². The Kier molecular flexibility index (Phi) is 4.77. The number of benzene rings is 2. The van der Waals surface area contributed by atoms with E-state index in [0.29, 0.717) is 24.5 Å². The molecule has 0 aliphatic carbocycles. The quantitative estimate of drug-likeness (QED) is 0.776. The summed E-state index contributed by atoms with van der Waals surface area (Å²) < 4.78 is 10.8. The number of rotatable bonds is 5. The highest BCUT2D eigenvalue weighted by atomic mass is 16.5. The third-order valence-corrected chi connectivity index (χ3v) is 3.03. The van der Waals surface area contributed by atoms with Crippen LogP contribution in [0.25, 0.3) is 0 Å².